The van der Waals surface area contributed by atoms with Gasteiger partial charge in [0.1, 0.15) is 11.5 Å². The molecule has 2 rings (SSSR count). The summed E-state index contributed by atoms with van der Waals surface area (Å²) in [5.74, 6) is 0.424. The Morgan fingerprint density at radius 2 is 2.06 bits per heavy atom. The van der Waals surface area contributed by atoms with Crippen LogP contribution in [-0.2, 0) is 6.18 Å². The van der Waals surface area contributed by atoms with Crippen LogP contribution in [-0.4, -0.2) is 10.8 Å². The first kappa shape index (κ1) is 12.8. The lowest BCUT2D eigenvalue weighted by Crippen LogP contribution is -2.03. The van der Waals surface area contributed by atoms with E-state index in [-0.39, 0.29) is 10.4 Å². The highest BCUT2D eigenvalue weighted by Gasteiger charge is 2.35. The number of halogens is 3. The molecule has 0 spiro atoms. The minimum atomic E-state index is -4.52. The Morgan fingerprint density at radius 1 is 1.39 bits per heavy atom. The molecule has 0 unspecified atom stereocenters. The highest BCUT2D eigenvalue weighted by atomic mass is 32.1. The first-order valence-corrected chi connectivity index (χ1v) is 5.75. The maximum atomic E-state index is 12.4. The molecule has 0 aliphatic rings. The number of ketones is 1. The molecule has 0 aromatic carbocycles. The lowest BCUT2D eigenvalue weighted by Gasteiger charge is -1.98. The minimum Gasteiger partial charge on any atom is -0.466 e. The van der Waals surface area contributed by atoms with E-state index < -0.39 is 17.0 Å². The smallest absolute Gasteiger partial charge is 0.443 e. The van der Waals surface area contributed by atoms with Crippen molar-refractivity contribution in [3.8, 4) is 0 Å². The van der Waals surface area contributed by atoms with E-state index in [4.69, 9.17) is 4.42 Å². The Kier molecular flexibility index (Phi) is 3.02. The van der Waals surface area contributed by atoms with Gasteiger partial charge in [-0.1, -0.05) is 0 Å². The Labute approximate surface area is 104 Å². The highest BCUT2D eigenvalue weighted by molar-refractivity contribution is 7.14. The SMILES string of the molecule is Cc1cc(C(=O)c2cnc(C(F)(F)F)s2)c(C)o1. The molecule has 2 heterocycles. The van der Waals surface area contributed by atoms with Crippen LogP contribution < -0.4 is 0 Å². The molecule has 0 aliphatic heterocycles. The fraction of sp³-hybridized carbons (Fsp3) is 0.273. The second kappa shape index (κ2) is 4.24. The van der Waals surface area contributed by atoms with E-state index in [0.717, 1.165) is 6.20 Å². The zero-order valence-corrected chi connectivity index (χ0v) is 10.3. The number of alkyl halides is 3. The molecule has 0 fully saturated rings. The summed E-state index contributed by atoms with van der Waals surface area (Å²) < 4.78 is 42.3. The number of nitrogens with zero attached hydrogens (tertiary/aromatic N) is 1. The van der Waals surface area contributed by atoms with Gasteiger partial charge in [0.15, 0.2) is 5.01 Å². The quantitative estimate of drug-likeness (QED) is 0.786. The second-order valence-corrected chi connectivity index (χ2v) is 4.71. The van der Waals surface area contributed by atoms with E-state index in [2.05, 4.69) is 4.98 Å². The standard InChI is InChI=1S/C11H8F3NO2S/c1-5-3-7(6(2)17-5)9(16)8-4-15-10(18-8)11(12,13)14/h3-4H,1-2H3. The van der Waals surface area contributed by atoms with Crippen LogP contribution in [0.3, 0.4) is 0 Å². The van der Waals surface area contributed by atoms with Gasteiger partial charge in [0, 0.05) is 6.20 Å². The number of furan rings is 1. The van der Waals surface area contributed by atoms with E-state index in [1.165, 1.54) is 6.07 Å². The van der Waals surface area contributed by atoms with E-state index in [1.54, 1.807) is 13.8 Å². The topological polar surface area (TPSA) is 43.1 Å². The first-order valence-electron chi connectivity index (χ1n) is 4.94. The van der Waals surface area contributed by atoms with Gasteiger partial charge in [0.25, 0.3) is 0 Å². The average Bonchev–Trinajstić information content (AvgIpc) is 2.83. The van der Waals surface area contributed by atoms with Crippen LogP contribution in [0.15, 0.2) is 16.7 Å². The molecule has 18 heavy (non-hydrogen) atoms. The Bertz CT molecular complexity index is 598. The molecule has 0 aliphatic carbocycles. The van der Waals surface area contributed by atoms with Crippen molar-refractivity contribution in [3.63, 3.8) is 0 Å². The normalized spacial score (nSPS) is 11.8. The van der Waals surface area contributed by atoms with Crippen LogP contribution in [0.4, 0.5) is 13.2 Å². The lowest BCUT2D eigenvalue weighted by molar-refractivity contribution is -0.137. The third-order valence-electron chi connectivity index (χ3n) is 2.26. The summed E-state index contributed by atoms with van der Waals surface area (Å²) in [7, 11) is 0. The monoisotopic (exact) mass is 275 g/mol. The summed E-state index contributed by atoms with van der Waals surface area (Å²) in [6.45, 7) is 3.25. The molecule has 0 saturated heterocycles. The molecule has 0 N–H and O–H groups in total. The molecule has 96 valence electrons. The lowest BCUT2D eigenvalue weighted by atomic mass is 10.1. The molecule has 2 aromatic heterocycles. The maximum absolute atomic E-state index is 12.4. The fourth-order valence-electron chi connectivity index (χ4n) is 1.50. The molecule has 0 radical (unpaired) electrons. The van der Waals surface area contributed by atoms with Gasteiger partial charge in [0.05, 0.1) is 10.4 Å². The van der Waals surface area contributed by atoms with Crippen LogP contribution in [0.2, 0.25) is 0 Å². The summed E-state index contributed by atoms with van der Waals surface area (Å²) >= 11 is 0.333. The van der Waals surface area contributed by atoms with Crippen molar-refractivity contribution in [2.45, 2.75) is 20.0 Å². The molecule has 2 aromatic rings. The predicted octanol–water partition coefficient (Wildman–Crippen LogP) is 3.60. The Hall–Kier alpha value is -1.63. The van der Waals surface area contributed by atoms with Gasteiger partial charge in [-0.25, -0.2) is 4.98 Å². The number of hydrogen-bond acceptors (Lipinski definition) is 4. The van der Waals surface area contributed by atoms with Crippen LogP contribution in [0, 0.1) is 13.8 Å². The Balaban J connectivity index is 2.35. The van der Waals surface area contributed by atoms with Crippen LogP contribution in [0.25, 0.3) is 0 Å². The van der Waals surface area contributed by atoms with E-state index >= 15 is 0 Å². The van der Waals surface area contributed by atoms with E-state index in [1.807, 2.05) is 0 Å². The molecular formula is C11H8F3NO2S. The number of hydrogen-bond donors (Lipinski definition) is 0. The molecule has 0 bridgehead atoms. The molecule has 0 amide bonds. The number of rotatable bonds is 2. The van der Waals surface area contributed by atoms with Crippen molar-refractivity contribution < 1.29 is 22.4 Å². The summed E-state index contributed by atoms with van der Waals surface area (Å²) in [4.78, 5) is 15.1. The number of thiazole rings is 1. The van der Waals surface area contributed by atoms with Crippen molar-refractivity contribution >= 4 is 17.1 Å². The summed E-state index contributed by atoms with van der Waals surface area (Å²) in [6, 6.07) is 1.50. The van der Waals surface area contributed by atoms with Gasteiger partial charge >= 0.3 is 6.18 Å². The van der Waals surface area contributed by atoms with Gasteiger partial charge in [-0.3, -0.25) is 4.79 Å². The van der Waals surface area contributed by atoms with Crippen molar-refractivity contribution in [1.29, 1.82) is 0 Å². The highest BCUT2D eigenvalue weighted by Crippen LogP contribution is 2.33. The fourth-order valence-corrected chi connectivity index (χ4v) is 2.24. The number of carbonyl (C=O) groups excluding carboxylic acids is 1. The van der Waals surface area contributed by atoms with Gasteiger partial charge in [-0.15, -0.1) is 11.3 Å². The van der Waals surface area contributed by atoms with E-state index in [0.29, 0.717) is 22.9 Å². The van der Waals surface area contributed by atoms with Gasteiger partial charge in [0.2, 0.25) is 5.78 Å². The third kappa shape index (κ3) is 2.31. The Morgan fingerprint density at radius 3 is 2.50 bits per heavy atom. The van der Waals surface area contributed by atoms with Crippen LogP contribution in [0.1, 0.15) is 31.8 Å². The van der Waals surface area contributed by atoms with Gasteiger partial charge < -0.3 is 4.42 Å². The molecule has 0 saturated carbocycles. The molecule has 0 atom stereocenters. The average molecular weight is 275 g/mol. The second-order valence-electron chi connectivity index (χ2n) is 3.68. The van der Waals surface area contributed by atoms with Gasteiger partial charge in [-0.2, -0.15) is 13.2 Å². The third-order valence-corrected chi connectivity index (χ3v) is 3.30. The number of carbonyl (C=O) groups is 1. The van der Waals surface area contributed by atoms with Gasteiger partial charge in [-0.05, 0) is 19.9 Å². The molecule has 3 nitrogen and oxygen atoms in total. The van der Waals surface area contributed by atoms with Crippen LogP contribution >= 0.6 is 11.3 Å². The zero-order valence-electron chi connectivity index (χ0n) is 9.46. The predicted molar refractivity (Wildman–Crippen MR) is 58.7 cm³/mol. The van der Waals surface area contributed by atoms with Crippen LogP contribution in [0.5, 0.6) is 0 Å². The largest absolute Gasteiger partial charge is 0.466 e. The van der Waals surface area contributed by atoms with Crippen molar-refractivity contribution in [2.75, 3.05) is 0 Å². The number of aromatic nitrogens is 1. The molecular weight excluding hydrogens is 267 g/mol. The van der Waals surface area contributed by atoms with Crippen molar-refractivity contribution in [2.24, 2.45) is 0 Å². The maximum Gasteiger partial charge on any atom is 0.443 e. The van der Waals surface area contributed by atoms with Crippen molar-refractivity contribution in [3.05, 3.63) is 39.2 Å². The zero-order chi connectivity index (χ0) is 13.5. The summed E-state index contributed by atoms with van der Waals surface area (Å²) in [5, 5.41) is -1.02. The minimum absolute atomic E-state index is 0.0498. The van der Waals surface area contributed by atoms with Crippen molar-refractivity contribution in [1.82, 2.24) is 4.98 Å². The van der Waals surface area contributed by atoms with E-state index in [9.17, 15) is 18.0 Å². The first-order chi connectivity index (χ1) is 8.29. The number of aryl methyl sites for hydroxylation is 2. The molecule has 7 heteroatoms. The summed E-state index contributed by atoms with van der Waals surface area (Å²) in [6.07, 6.45) is -3.58. The summed E-state index contributed by atoms with van der Waals surface area (Å²) in [5.41, 5.74) is 0.268.